The fourth-order valence-electron chi connectivity index (χ4n) is 2.29. The molecule has 0 N–H and O–H groups in total. The Morgan fingerprint density at radius 1 is 1.00 bits per heavy atom. The van der Waals surface area contributed by atoms with Crippen molar-refractivity contribution in [1.82, 2.24) is 14.5 Å². The minimum absolute atomic E-state index is 0.255. The number of benzene rings is 1. The highest BCUT2D eigenvalue weighted by Gasteiger charge is 2.10. The van der Waals surface area contributed by atoms with Crippen molar-refractivity contribution in [3.63, 3.8) is 0 Å². The average Bonchev–Trinajstić information content (AvgIpc) is 2.82. The lowest BCUT2D eigenvalue weighted by atomic mass is 10.2. The maximum absolute atomic E-state index is 13.1. The van der Waals surface area contributed by atoms with E-state index in [0.29, 0.717) is 11.4 Å². The van der Waals surface area contributed by atoms with Gasteiger partial charge in [0.2, 0.25) is 0 Å². The highest BCUT2D eigenvalue weighted by Crippen LogP contribution is 2.17. The summed E-state index contributed by atoms with van der Waals surface area (Å²) in [5.74, 6) is 6.62. The van der Waals surface area contributed by atoms with Crippen molar-refractivity contribution >= 4 is 0 Å². The van der Waals surface area contributed by atoms with Gasteiger partial charge in [-0.25, -0.2) is 14.4 Å². The second kappa shape index (κ2) is 5.82. The lowest BCUT2D eigenvalue weighted by Gasteiger charge is -2.07. The molecule has 0 atom stereocenters. The predicted molar refractivity (Wildman–Crippen MR) is 83.2 cm³/mol. The summed E-state index contributed by atoms with van der Waals surface area (Å²) in [7, 11) is 0. The number of nitrogens with zero attached hydrogens (tertiary/aromatic N) is 3. The van der Waals surface area contributed by atoms with Crippen molar-refractivity contribution < 1.29 is 4.39 Å². The van der Waals surface area contributed by atoms with Gasteiger partial charge in [-0.15, -0.1) is 0 Å². The van der Waals surface area contributed by atoms with Gasteiger partial charge in [0.1, 0.15) is 23.0 Å². The van der Waals surface area contributed by atoms with E-state index in [9.17, 15) is 4.39 Å². The summed E-state index contributed by atoms with van der Waals surface area (Å²) in [4.78, 5) is 8.66. The van der Waals surface area contributed by atoms with Crippen LogP contribution in [-0.2, 0) is 0 Å². The van der Waals surface area contributed by atoms with Crippen LogP contribution in [0.15, 0.2) is 48.7 Å². The molecule has 108 valence electrons. The summed E-state index contributed by atoms with van der Waals surface area (Å²) < 4.78 is 15.0. The number of aromatic nitrogens is 3. The summed E-state index contributed by atoms with van der Waals surface area (Å²) in [6, 6.07) is 11.9. The van der Waals surface area contributed by atoms with Gasteiger partial charge >= 0.3 is 0 Å². The third-order valence-corrected chi connectivity index (χ3v) is 3.33. The van der Waals surface area contributed by atoms with Crippen LogP contribution in [-0.4, -0.2) is 14.5 Å². The summed E-state index contributed by atoms with van der Waals surface area (Å²) in [5, 5.41) is 0. The normalized spacial score (nSPS) is 10.1. The topological polar surface area (TPSA) is 30.7 Å². The van der Waals surface area contributed by atoms with E-state index >= 15 is 0 Å². The molecule has 4 heteroatoms. The van der Waals surface area contributed by atoms with Crippen LogP contribution in [0.25, 0.3) is 5.69 Å². The summed E-state index contributed by atoms with van der Waals surface area (Å²) >= 11 is 0. The third-order valence-electron chi connectivity index (χ3n) is 3.33. The zero-order valence-corrected chi connectivity index (χ0v) is 12.3. The first-order valence-electron chi connectivity index (χ1n) is 6.90. The van der Waals surface area contributed by atoms with E-state index in [1.54, 1.807) is 18.3 Å². The minimum Gasteiger partial charge on any atom is -0.300 e. The molecule has 22 heavy (non-hydrogen) atoms. The van der Waals surface area contributed by atoms with Gasteiger partial charge in [0.05, 0.1) is 5.69 Å². The molecule has 2 heterocycles. The van der Waals surface area contributed by atoms with Gasteiger partial charge in [0.15, 0.2) is 0 Å². The van der Waals surface area contributed by atoms with Crippen LogP contribution < -0.4 is 0 Å². The Labute approximate surface area is 128 Å². The second-order valence-corrected chi connectivity index (χ2v) is 4.87. The Kier molecular flexibility index (Phi) is 3.71. The van der Waals surface area contributed by atoms with E-state index in [4.69, 9.17) is 0 Å². The van der Waals surface area contributed by atoms with Crippen LogP contribution in [0.5, 0.6) is 0 Å². The Bertz CT molecular complexity index is 853. The van der Waals surface area contributed by atoms with Gasteiger partial charge in [0.25, 0.3) is 0 Å². The fourth-order valence-corrected chi connectivity index (χ4v) is 2.29. The maximum atomic E-state index is 13.1. The Morgan fingerprint density at radius 3 is 2.45 bits per heavy atom. The second-order valence-electron chi connectivity index (χ2n) is 4.87. The maximum Gasteiger partial charge on any atom is 0.135 e. The Balaban J connectivity index is 2.01. The molecule has 0 radical (unpaired) electrons. The first-order valence-corrected chi connectivity index (χ1v) is 6.90. The highest BCUT2D eigenvalue weighted by molar-refractivity contribution is 5.44. The quantitative estimate of drug-likeness (QED) is 0.643. The Hall–Kier alpha value is -2.93. The first kappa shape index (κ1) is 14.0. The number of hydrogen-bond acceptors (Lipinski definition) is 2. The number of halogens is 1. The molecule has 0 aliphatic carbocycles. The monoisotopic (exact) mass is 291 g/mol. The van der Waals surface area contributed by atoms with Crippen molar-refractivity contribution in [1.29, 1.82) is 0 Å². The molecule has 2 aromatic heterocycles. The van der Waals surface area contributed by atoms with E-state index in [1.165, 1.54) is 12.1 Å². The standard InChI is InChI=1S/C18H14FN3/c1-13-18(11-8-16-5-3-4-12-20-16)21-14(2)22(13)17-9-6-15(19)7-10-17/h3-7,9-10,12H,1-2H3. The molecule has 3 nitrogen and oxygen atoms in total. The Morgan fingerprint density at radius 2 is 1.77 bits per heavy atom. The van der Waals surface area contributed by atoms with Gasteiger partial charge in [-0.3, -0.25) is 4.57 Å². The predicted octanol–water partition coefficient (Wildman–Crippen LogP) is 3.42. The number of aryl methyl sites for hydroxylation is 1. The summed E-state index contributed by atoms with van der Waals surface area (Å²) in [5.41, 5.74) is 3.20. The van der Waals surface area contributed by atoms with Crippen molar-refractivity contribution in [3.05, 3.63) is 77.4 Å². The first-order chi connectivity index (χ1) is 10.6. The van der Waals surface area contributed by atoms with Crippen molar-refractivity contribution in [2.24, 2.45) is 0 Å². The van der Waals surface area contributed by atoms with Crippen LogP contribution in [0.1, 0.15) is 22.9 Å². The smallest absolute Gasteiger partial charge is 0.135 e. The van der Waals surface area contributed by atoms with Crippen LogP contribution in [0.3, 0.4) is 0 Å². The molecule has 0 aliphatic heterocycles. The number of pyridine rings is 1. The molecule has 0 saturated heterocycles. The number of rotatable bonds is 1. The van der Waals surface area contributed by atoms with Gasteiger partial charge in [-0.1, -0.05) is 6.07 Å². The van der Waals surface area contributed by atoms with Crippen molar-refractivity contribution in [2.75, 3.05) is 0 Å². The molecule has 0 fully saturated rings. The molecule has 0 bridgehead atoms. The van der Waals surface area contributed by atoms with Gasteiger partial charge in [0, 0.05) is 11.9 Å². The van der Waals surface area contributed by atoms with E-state index in [1.807, 2.05) is 36.6 Å². The van der Waals surface area contributed by atoms with E-state index in [0.717, 1.165) is 17.2 Å². The fraction of sp³-hybridized carbons (Fsp3) is 0.111. The molecular weight excluding hydrogens is 277 g/mol. The molecule has 3 rings (SSSR count). The summed E-state index contributed by atoms with van der Waals surface area (Å²) in [6.45, 7) is 3.86. The van der Waals surface area contributed by atoms with Crippen LogP contribution in [0.2, 0.25) is 0 Å². The number of imidazole rings is 1. The molecule has 0 saturated carbocycles. The van der Waals surface area contributed by atoms with Gasteiger partial charge in [-0.2, -0.15) is 0 Å². The minimum atomic E-state index is -0.255. The van der Waals surface area contributed by atoms with E-state index < -0.39 is 0 Å². The largest absolute Gasteiger partial charge is 0.300 e. The molecule has 0 amide bonds. The molecular formula is C18H14FN3. The van der Waals surface area contributed by atoms with Crippen molar-refractivity contribution in [3.8, 4) is 17.5 Å². The van der Waals surface area contributed by atoms with Crippen LogP contribution in [0, 0.1) is 31.5 Å². The molecule has 1 aromatic carbocycles. The zero-order valence-electron chi connectivity index (χ0n) is 12.3. The lowest BCUT2D eigenvalue weighted by molar-refractivity contribution is 0.627. The van der Waals surface area contributed by atoms with E-state index in [2.05, 4.69) is 21.8 Å². The van der Waals surface area contributed by atoms with E-state index in [-0.39, 0.29) is 5.82 Å². The highest BCUT2D eigenvalue weighted by atomic mass is 19.1. The van der Waals surface area contributed by atoms with Gasteiger partial charge in [-0.05, 0) is 62.1 Å². The molecule has 3 aromatic rings. The average molecular weight is 291 g/mol. The van der Waals surface area contributed by atoms with Gasteiger partial charge < -0.3 is 0 Å². The SMILES string of the molecule is Cc1nc(C#Cc2ccccn2)c(C)n1-c1ccc(F)cc1. The third kappa shape index (κ3) is 2.75. The van der Waals surface area contributed by atoms with Crippen LogP contribution >= 0.6 is 0 Å². The zero-order chi connectivity index (χ0) is 15.5. The molecule has 0 unspecified atom stereocenters. The summed E-state index contributed by atoms with van der Waals surface area (Å²) in [6.07, 6.45) is 1.71. The molecule has 0 spiro atoms. The lowest BCUT2D eigenvalue weighted by Crippen LogP contribution is -1.99. The van der Waals surface area contributed by atoms with Crippen LogP contribution in [0.4, 0.5) is 4.39 Å². The molecule has 0 aliphatic rings. The number of hydrogen-bond donors (Lipinski definition) is 0. The van der Waals surface area contributed by atoms with Crippen molar-refractivity contribution in [2.45, 2.75) is 13.8 Å².